The molecule has 0 aliphatic rings. The van der Waals surface area contributed by atoms with Crippen molar-refractivity contribution in [2.24, 2.45) is 0 Å². The van der Waals surface area contributed by atoms with Crippen LogP contribution in [0, 0.1) is 0 Å². The number of hydrogen-bond donors (Lipinski definition) is 0. The standard InChI is InChI=1S/C27H60O6Si2/c1-22(2,3)28-34(29-23(4,5)6,30-24(7,8)9)20-19-21-35(31-25(10,11)12,32-26(13,14)15)33-27(16,17)18/h19-21H2,1-18H3. The fraction of sp³-hybridized carbons (Fsp3) is 1.00. The molecule has 0 amide bonds. The van der Waals surface area contributed by atoms with E-state index in [0.717, 1.165) is 6.42 Å². The Morgan fingerprint density at radius 2 is 0.457 bits per heavy atom. The highest BCUT2D eigenvalue weighted by Gasteiger charge is 2.53. The molecule has 0 bridgehead atoms. The third-order valence-corrected chi connectivity index (χ3v) is 11.2. The van der Waals surface area contributed by atoms with Gasteiger partial charge in [0.05, 0.1) is 33.6 Å². The van der Waals surface area contributed by atoms with E-state index in [9.17, 15) is 0 Å². The van der Waals surface area contributed by atoms with E-state index in [1.165, 1.54) is 0 Å². The maximum absolute atomic E-state index is 6.68. The fourth-order valence-corrected chi connectivity index (χ4v) is 11.8. The van der Waals surface area contributed by atoms with Crippen molar-refractivity contribution in [3.63, 3.8) is 0 Å². The van der Waals surface area contributed by atoms with Crippen molar-refractivity contribution in [2.75, 3.05) is 0 Å². The van der Waals surface area contributed by atoms with Crippen molar-refractivity contribution in [1.29, 1.82) is 0 Å². The van der Waals surface area contributed by atoms with E-state index in [1.807, 2.05) is 0 Å². The lowest BCUT2D eigenvalue weighted by molar-refractivity contribution is -0.0779. The second kappa shape index (κ2) is 11.5. The molecule has 0 aromatic carbocycles. The predicted octanol–water partition coefficient (Wildman–Crippen LogP) is 8.14. The summed E-state index contributed by atoms with van der Waals surface area (Å²) in [6.45, 7) is 37.0. The van der Waals surface area contributed by atoms with E-state index in [4.69, 9.17) is 26.6 Å². The molecule has 6 nitrogen and oxygen atoms in total. The molecule has 0 aromatic rings. The van der Waals surface area contributed by atoms with Gasteiger partial charge >= 0.3 is 17.6 Å². The highest BCUT2D eigenvalue weighted by atomic mass is 28.4. The van der Waals surface area contributed by atoms with Crippen LogP contribution in [0.2, 0.25) is 12.1 Å². The first-order valence-electron chi connectivity index (χ1n) is 13.2. The molecule has 0 fully saturated rings. The molecule has 0 aromatic heterocycles. The van der Waals surface area contributed by atoms with E-state index in [1.54, 1.807) is 0 Å². The van der Waals surface area contributed by atoms with E-state index >= 15 is 0 Å². The van der Waals surface area contributed by atoms with E-state index in [0.29, 0.717) is 12.1 Å². The molecule has 0 aliphatic carbocycles. The van der Waals surface area contributed by atoms with Crippen molar-refractivity contribution in [1.82, 2.24) is 0 Å². The molecular weight excluding hydrogens is 476 g/mol. The summed E-state index contributed by atoms with van der Waals surface area (Å²) in [6.07, 6.45) is 0.739. The highest BCUT2D eigenvalue weighted by molar-refractivity contribution is 6.63. The van der Waals surface area contributed by atoms with Gasteiger partial charge in [-0.1, -0.05) is 0 Å². The molecule has 212 valence electrons. The lowest BCUT2D eigenvalue weighted by atomic mass is 10.2. The third-order valence-electron chi connectivity index (χ3n) is 3.74. The van der Waals surface area contributed by atoms with Crippen molar-refractivity contribution in [3.05, 3.63) is 0 Å². The van der Waals surface area contributed by atoms with Crippen LogP contribution >= 0.6 is 0 Å². The van der Waals surface area contributed by atoms with E-state index in [2.05, 4.69) is 125 Å². The van der Waals surface area contributed by atoms with Crippen molar-refractivity contribution in [3.8, 4) is 0 Å². The van der Waals surface area contributed by atoms with Crippen LogP contribution in [-0.2, 0) is 26.6 Å². The minimum atomic E-state index is -3.12. The quantitative estimate of drug-likeness (QED) is 0.263. The molecule has 0 saturated carbocycles. The molecule has 0 rings (SSSR count). The van der Waals surface area contributed by atoms with Gasteiger partial charge in [-0.15, -0.1) is 0 Å². The van der Waals surface area contributed by atoms with Gasteiger partial charge in [-0.3, -0.25) is 0 Å². The minimum absolute atomic E-state index is 0.414. The average Bonchev–Trinajstić information content (AvgIpc) is 2.33. The zero-order chi connectivity index (χ0) is 28.4. The molecular formula is C27H60O6Si2. The molecule has 0 spiro atoms. The largest absolute Gasteiger partial charge is 0.502 e. The summed E-state index contributed by atoms with van der Waals surface area (Å²) in [6, 6.07) is 1.28. The Hall–Kier alpha value is 0.194. The van der Waals surface area contributed by atoms with Crippen LogP contribution in [0.15, 0.2) is 0 Å². The molecule has 35 heavy (non-hydrogen) atoms. The van der Waals surface area contributed by atoms with E-state index < -0.39 is 51.2 Å². The van der Waals surface area contributed by atoms with Crippen molar-refractivity contribution < 1.29 is 26.6 Å². The SMILES string of the molecule is CC(C)(C)O[Si](CCC[Si](OC(C)(C)C)(OC(C)(C)C)OC(C)(C)C)(OC(C)(C)C)OC(C)(C)C. The van der Waals surface area contributed by atoms with Gasteiger partial charge in [0.2, 0.25) is 0 Å². The average molecular weight is 537 g/mol. The Kier molecular flexibility index (Phi) is 11.6. The van der Waals surface area contributed by atoms with Crippen LogP contribution in [0.25, 0.3) is 0 Å². The maximum atomic E-state index is 6.68. The van der Waals surface area contributed by atoms with Crippen LogP contribution in [0.1, 0.15) is 131 Å². The summed E-state index contributed by atoms with van der Waals surface area (Å²) < 4.78 is 40.1. The van der Waals surface area contributed by atoms with E-state index in [-0.39, 0.29) is 0 Å². The summed E-state index contributed by atoms with van der Waals surface area (Å²) >= 11 is 0. The van der Waals surface area contributed by atoms with Crippen LogP contribution < -0.4 is 0 Å². The topological polar surface area (TPSA) is 55.4 Å². The smallest absolute Gasteiger partial charge is 0.368 e. The van der Waals surface area contributed by atoms with Crippen LogP contribution in [0.4, 0.5) is 0 Å². The van der Waals surface area contributed by atoms with Crippen molar-refractivity contribution >= 4 is 17.6 Å². The third kappa shape index (κ3) is 18.1. The van der Waals surface area contributed by atoms with Crippen molar-refractivity contribution in [2.45, 2.75) is 177 Å². The summed E-state index contributed by atoms with van der Waals surface area (Å²) in [5.41, 5.74) is -2.48. The second-order valence-electron chi connectivity index (χ2n) is 15.5. The van der Waals surface area contributed by atoms with Gasteiger partial charge < -0.3 is 26.6 Å². The molecule has 0 N–H and O–H groups in total. The predicted molar refractivity (Wildman–Crippen MR) is 151 cm³/mol. The normalized spacial score (nSPS) is 15.6. The Morgan fingerprint density at radius 3 is 0.571 bits per heavy atom. The number of hydrogen-bond acceptors (Lipinski definition) is 6. The molecule has 8 heteroatoms. The zero-order valence-corrected chi connectivity index (χ0v) is 28.6. The zero-order valence-electron chi connectivity index (χ0n) is 26.6. The fourth-order valence-electron chi connectivity index (χ4n) is 3.75. The van der Waals surface area contributed by atoms with Crippen LogP contribution in [-0.4, -0.2) is 51.2 Å². The molecule has 0 saturated heterocycles. The summed E-state index contributed by atoms with van der Waals surface area (Å²) in [5, 5.41) is 0. The lowest BCUT2D eigenvalue weighted by Gasteiger charge is -2.44. The van der Waals surface area contributed by atoms with Gasteiger partial charge in [0.25, 0.3) is 0 Å². The second-order valence-corrected chi connectivity index (χ2v) is 20.5. The van der Waals surface area contributed by atoms with Gasteiger partial charge in [0, 0.05) is 12.1 Å². The van der Waals surface area contributed by atoms with Gasteiger partial charge in [-0.25, -0.2) is 0 Å². The molecule has 0 unspecified atom stereocenters. The first-order chi connectivity index (χ1) is 14.9. The molecule has 0 heterocycles. The number of rotatable bonds is 10. The van der Waals surface area contributed by atoms with Gasteiger partial charge in [0.15, 0.2) is 0 Å². The Bertz CT molecular complexity index is 500. The Labute approximate surface area is 220 Å². The highest BCUT2D eigenvalue weighted by Crippen LogP contribution is 2.37. The van der Waals surface area contributed by atoms with Gasteiger partial charge in [-0.2, -0.15) is 0 Å². The monoisotopic (exact) mass is 536 g/mol. The first kappa shape index (κ1) is 35.2. The summed E-state index contributed by atoms with van der Waals surface area (Å²) in [4.78, 5) is 0. The Balaban J connectivity index is 6.35. The molecule has 0 radical (unpaired) electrons. The van der Waals surface area contributed by atoms with Crippen LogP contribution in [0.5, 0.6) is 0 Å². The molecule has 0 atom stereocenters. The van der Waals surface area contributed by atoms with Gasteiger partial charge in [-0.05, 0) is 131 Å². The van der Waals surface area contributed by atoms with Gasteiger partial charge in [0.1, 0.15) is 0 Å². The summed E-state index contributed by atoms with van der Waals surface area (Å²) in [5.74, 6) is 0. The lowest BCUT2D eigenvalue weighted by Crippen LogP contribution is -2.59. The summed E-state index contributed by atoms with van der Waals surface area (Å²) in [7, 11) is -6.24. The van der Waals surface area contributed by atoms with Crippen LogP contribution in [0.3, 0.4) is 0 Å². The Morgan fingerprint density at radius 1 is 0.314 bits per heavy atom. The minimum Gasteiger partial charge on any atom is -0.368 e. The first-order valence-corrected chi connectivity index (χ1v) is 17.0. The molecule has 0 aliphatic heterocycles. The maximum Gasteiger partial charge on any atom is 0.502 e.